The molecule has 1 saturated heterocycles. The third kappa shape index (κ3) is 0.939. The summed E-state index contributed by atoms with van der Waals surface area (Å²) in [7, 11) is 0. The molecule has 2 atom stereocenters. The number of benzene rings is 1. The topological polar surface area (TPSA) is 58.2 Å². The summed E-state index contributed by atoms with van der Waals surface area (Å²) in [4.78, 5) is 23.3. The lowest BCUT2D eigenvalue weighted by Gasteiger charge is -2.26. The van der Waals surface area contributed by atoms with Crippen LogP contribution in [-0.2, 0) is 16.8 Å². The zero-order chi connectivity index (χ0) is 11.3. The Morgan fingerprint density at radius 2 is 2.06 bits per heavy atom. The number of amides is 3. The van der Waals surface area contributed by atoms with Crippen molar-refractivity contribution in [2.24, 2.45) is 5.92 Å². The van der Waals surface area contributed by atoms with E-state index >= 15 is 0 Å². The SMILES string of the molecule is C[C@@H]1Cc2ccccc2[C@]12NC(=O)NC2=O. The quantitative estimate of drug-likeness (QED) is 0.633. The Bertz CT molecular complexity index is 498. The van der Waals surface area contributed by atoms with Gasteiger partial charge in [0.05, 0.1) is 0 Å². The van der Waals surface area contributed by atoms with Crippen LogP contribution in [0.4, 0.5) is 4.79 Å². The van der Waals surface area contributed by atoms with E-state index in [1.54, 1.807) is 0 Å². The maximum Gasteiger partial charge on any atom is 0.322 e. The number of fused-ring (bicyclic) bond motifs is 2. The minimum atomic E-state index is -0.840. The molecule has 1 fully saturated rings. The second-order valence-electron chi connectivity index (χ2n) is 4.48. The Morgan fingerprint density at radius 1 is 1.31 bits per heavy atom. The highest BCUT2D eigenvalue weighted by atomic mass is 16.2. The molecule has 0 unspecified atom stereocenters. The van der Waals surface area contributed by atoms with Crippen LogP contribution in [0.1, 0.15) is 18.1 Å². The van der Waals surface area contributed by atoms with E-state index in [9.17, 15) is 9.59 Å². The Morgan fingerprint density at radius 3 is 2.75 bits per heavy atom. The zero-order valence-corrected chi connectivity index (χ0v) is 8.91. The molecule has 1 aliphatic carbocycles. The van der Waals surface area contributed by atoms with Gasteiger partial charge in [-0.3, -0.25) is 10.1 Å². The average molecular weight is 216 g/mol. The first-order valence-corrected chi connectivity index (χ1v) is 5.36. The summed E-state index contributed by atoms with van der Waals surface area (Å²) >= 11 is 0. The van der Waals surface area contributed by atoms with Gasteiger partial charge in [0.15, 0.2) is 0 Å². The number of rotatable bonds is 0. The first-order chi connectivity index (χ1) is 7.64. The van der Waals surface area contributed by atoms with Crippen LogP contribution in [-0.4, -0.2) is 11.9 Å². The molecule has 16 heavy (non-hydrogen) atoms. The van der Waals surface area contributed by atoms with E-state index in [1.807, 2.05) is 31.2 Å². The number of hydrogen-bond acceptors (Lipinski definition) is 2. The van der Waals surface area contributed by atoms with Crippen LogP contribution in [0.2, 0.25) is 0 Å². The summed E-state index contributed by atoms with van der Waals surface area (Å²) in [6.07, 6.45) is 0.823. The molecule has 1 aliphatic heterocycles. The summed E-state index contributed by atoms with van der Waals surface area (Å²) in [5.74, 6) is -0.133. The number of imide groups is 1. The molecule has 0 saturated carbocycles. The highest BCUT2D eigenvalue weighted by Gasteiger charge is 2.55. The van der Waals surface area contributed by atoms with E-state index in [-0.39, 0.29) is 11.8 Å². The van der Waals surface area contributed by atoms with Gasteiger partial charge in [-0.25, -0.2) is 4.79 Å². The van der Waals surface area contributed by atoms with Crippen molar-refractivity contribution in [3.05, 3.63) is 35.4 Å². The number of nitrogens with one attached hydrogen (secondary N) is 2. The molecule has 1 aromatic rings. The third-order valence-corrected chi connectivity index (χ3v) is 3.60. The van der Waals surface area contributed by atoms with Crippen LogP contribution in [0.5, 0.6) is 0 Å². The van der Waals surface area contributed by atoms with Crippen molar-refractivity contribution >= 4 is 11.9 Å². The Balaban J connectivity index is 2.21. The van der Waals surface area contributed by atoms with Crippen molar-refractivity contribution in [3.63, 3.8) is 0 Å². The highest BCUT2D eigenvalue weighted by molar-refractivity contribution is 6.08. The van der Waals surface area contributed by atoms with Gasteiger partial charge in [-0.2, -0.15) is 0 Å². The molecule has 3 amide bonds. The maximum absolute atomic E-state index is 12.0. The van der Waals surface area contributed by atoms with Gasteiger partial charge in [0, 0.05) is 0 Å². The molecule has 2 aliphatic rings. The molecule has 0 bridgehead atoms. The monoisotopic (exact) mass is 216 g/mol. The standard InChI is InChI=1S/C12H12N2O2/c1-7-6-8-4-2-3-5-9(8)12(7)10(15)13-11(16)14-12/h2-5,7H,6H2,1H3,(H2,13,14,15,16)/t7-,12-/m1/s1. The highest BCUT2D eigenvalue weighted by Crippen LogP contribution is 2.42. The fourth-order valence-corrected chi connectivity index (χ4v) is 2.84. The van der Waals surface area contributed by atoms with Crippen LogP contribution >= 0.6 is 0 Å². The fraction of sp³-hybridized carbons (Fsp3) is 0.333. The molecule has 4 nitrogen and oxygen atoms in total. The summed E-state index contributed by atoms with van der Waals surface area (Å²) in [5.41, 5.74) is 1.24. The van der Waals surface area contributed by atoms with Gasteiger partial charge < -0.3 is 5.32 Å². The minimum absolute atomic E-state index is 0.0938. The molecule has 1 spiro atoms. The molecule has 0 radical (unpaired) electrons. The third-order valence-electron chi connectivity index (χ3n) is 3.60. The predicted octanol–water partition coefficient (Wildman–Crippen LogP) is 0.913. The van der Waals surface area contributed by atoms with Crippen LogP contribution in [0.3, 0.4) is 0 Å². The van der Waals surface area contributed by atoms with Gasteiger partial charge >= 0.3 is 6.03 Å². The second-order valence-corrected chi connectivity index (χ2v) is 4.48. The largest absolute Gasteiger partial charge is 0.322 e. The predicted molar refractivity (Wildman–Crippen MR) is 57.7 cm³/mol. The Hall–Kier alpha value is -1.84. The lowest BCUT2D eigenvalue weighted by atomic mass is 9.85. The molecule has 82 valence electrons. The first kappa shape index (κ1) is 9.39. The summed E-state index contributed by atoms with van der Waals surface area (Å²) < 4.78 is 0. The normalized spacial score (nSPS) is 31.4. The number of urea groups is 1. The van der Waals surface area contributed by atoms with E-state index in [0.717, 1.165) is 17.5 Å². The molecule has 3 rings (SSSR count). The fourth-order valence-electron chi connectivity index (χ4n) is 2.84. The lowest BCUT2D eigenvalue weighted by molar-refractivity contribution is -0.125. The van der Waals surface area contributed by atoms with Gasteiger partial charge in [0.25, 0.3) is 5.91 Å². The molecule has 1 heterocycles. The maximum atomic E-state index is 12.0. The summed E-state index contributed by atoms with van der Waals surface area (Å²) in [5, 5.41) is 5.12. The van der Waals surface area contributed by atoms with Crippen molar-refractivity contribution < 1.29 is 9.59 Å². The van der Waals surface area contributed by atoms with Gasteiger partial charge in [-0.15, -0.1) is 0 Å². The lowest BCUT2D eigenvalue weighted by Crippen LogP contribution is -2.46. The number of hydrogen-bond donors (Lipinski definition) is 2. The van der Waals surface area contributed by atoms with Crippen molar-refractivity contribution in [2.75, 3.05) is 0 Å². The van der Waals surface area contributed by atoms with E-state index in [2.05, 4.69) is 10.6 Å². The first-order valence-electron chi connectivity index (χ1n) is 5.36. The van der Waals surface area contributed by atoms with E-state index < -0.39 is 11.6 Å². The van der Waals surface area contributed by atoms with E-state index in [1.165, 1.54) is 0 Å². The van der Waals surface area contributed by atoms with Gasteiger partial charge in [-0.05, 0) is 23.5 Å². The Labute approximate surface area is 93.0 Å². The minimum Gasteiger partial charge on any atom is -0.319 e. The van der Waals surface area contributed by atoms with Crippen LogP contribution in [0.15, 0.2) is 24.3 Å². The van der Waals surface area contributed by atoms with Gasteiger partial charge in [-0.1, -0.05) is 31.2 Å². The van der Waals surface area contributed by atoms with Crippen molar-refractivity contribution in [3.8, 4) is 0 Å². The average Bonchev–Trinajstić information content (AvgIpc) is 2.69. The van der Waals surface area contributed by atoms with Crippen molar-refractivity contribution in [1.82, 2.24) is 10.6 Å². The smallest absolute Gasteiger partial charge is 0.319 e. The number of carbonyl (C=O) groups excluding carboxylic acids is 2. The van der Waals surface area contributed by atoms with Gasteiger partial charge in [0.2, 0.25) is 0 Å². The molecular weight excluding hydrogens is 204 g/mol. The van der Waals surface area contributed by atoms with Crippen molar-refractivity contribution in [2.45, 2.75) is 18.9 Å². The number of carbonyl (C=O) groups is 2. The molecule has 4 heteroatoms. The summed E-state index contributed by atoms with van der Waals surface area (Å²) in [6, 6.07) is 7.39. The Kier molecular flexibility index (Phi) is 1.67. The van der Waals surface area contributed by atoms with E-state index in [0.29, 0.717) is 0 Å². The molecule has 1 aromatic carbocycles. The van der Waals surface area contributed by atoms with Gasteiger partial charge in [0.1, 0.15) is 5.54 Å². The molecular formula is C12H12N2O2. The zero-order valence-electron chi connectivity index (χ0n) is 8.91. The van der Waals surface area contributed by atoms with Crippen LogP contribution in [0.25, 0.3) is 0 Å². The van der Waals surface area contributed by atoms with E-state index in [4.69, 9.17) is 0 Å². The van der Waals surface area contributed by atoms with Crippen molar-refractivity contribution in [1.29, 1.82) is 0 Å². The summed E-state index contributed by atoms with van der Waals surface area (Å²) in [6.45, 7) is 1.99. The second kappa shape index (κ2) is 2.84. The molecule has 0 aromatic heterocycles. The molecule has 2 N–H and O–H groups in total. The van der Waals surface area contributed by atoms with Crippen LogP contribution in [0, 0.1) is 5.92 Å². The van der Waals surface area contributed by atoms with Crippen LogP contribution < -0.4 is 10.6 Å².